The van der Waals surface area contributed by atoms with Gasteiger partial charge in [-0.1, -0.05) is 18.2 Å². The molecule has 0 aromatic heterocycles. The van der Waals surface area contributed by atoms with Crippen molar-refractivity contribution >= 4 is 5.91 Å². The van der Waals surface area contributed by atoms with E-state index in [1.54, 1.807) is 6.07 Å². The molecule has 3 heteroatoms. The molecule has 0 aliphatic heterocycles. The zero-order valence-electron chi connectivity index (χ0n) is 7.58. The molecular formula is C10H13NO2. The van der Waals surface area contributed by atoms with Crippen LogP contribution in [-0.4, -0.2) is 11.0 Å². The Morgan fingerprint density at radius 3 is 2.77 bits per heavy atom. The van der Waals surface area contributed by atoms with E-state index in [0.717, 1.165) is 16.7 Å². The number of aliphatic hydroxyl groups is 1. The number of hydrogen-bond donors (Lipinski definition) is 2. The number of carbonyl (C=O) groups excluding carboxylic acids is 1. The van der Waals surface area contributed by atoms with Gasteiger partial charge in [-0.3, -0.25) is 4.79 Å². The summed E-state index contributed by atoms with van der Waals surface area (Å²) in [6.45, 7) is 1.91. The predicted molar refractivity (Wildman–Crippen MR) is 50.0 cm³/mol. The van der Waals surface area contributed by atoms with E-state index in [9.17, 15) is 4.79 Å². The number of primary amides is 1. The Balaban J connectivity index is 2.96. The van der Waals surface area contributed by atoms with E-state index < -0.39 is 0 Å². The van der Waals surface area contributed by atoms with Gasteiger partial charge in [0, 0.05) is 0 Å². The van der Waals surface area contributed by atoms with Crippen LogP contribution in [0.1, 0.15) is 16.7 Å². The van der Waals surface area contributed by atoms with E-state index in [2.05, 4.69) is 0 Å². The van der Waals surface area contributed by atoms with Crippen molar-refractivity contribution < 1.29 is 9.90 Å². The van der Waals surface area contributed by atoms with Crippen LogP contribution in [0.15, 0.2) is 18.2 Å². The highest BCUT2D eigenvalue weighted by atomic mass is 16.3. The summed E-state index contributed by atoms with van der Waals surface area (Å²) in [4.78, 5) is 10.7. The summed E-state index contributed by atoms with van der Waals surface area (Å²) in [6.07, 6.45) is 0.236. The minimum Gasteiger partial charge on any atom is -0.392 e. The third-order valence-electron chi connectivity index (χ3n) is 1.96. The molecule has 1 amide bonds. The van der Waals surface area contributed by atoms with Gasteiger partial charge in [0.2, 0.25) is 5.91 Å². The Morgan fingerprint density at radius 2 is 2.23 bits per heavy atom. The molecule has 0 bridgehead atoms. The maximum Gasteiger partial charge on any atom is 0.221 e. The fourth-order valence-corrected chi connectivity index (χ4v) is 1.20. The van der Waals surface area contributed by atoms with Gasteiger partial charge < -0.3 is 10.8 Å². The van der Waals surface area contributed by atoms with Crippen molar-refractivity contribution in [3.63, 3.8) is 0 Å². The normalized spacial score (nSPS) is 10.0. The topological polar surface area (TPSA) is 63.3 Å². The summed E-state index contributed by atoms with van der Waals surface area (Å²) in [6, 6.07) is 5.52. The Hall–Kier alpha value is -1.35. The Morgan fingerprint density at radius 1 is 1.54 bits per heavy atom. The molecule has 0 aliphatic rings. The van der Waals surface area contributed by atoms with Gasteiger partial charge in [-0.2, -0.15) is 0 Å². The molecule has 0 saturated heterocycles. The molecule has 13 heavy (non-hydrogen) atoms. The second-order valence-electron chi connectivity index (χ2n) is 3.06. The lowest BCUT2D eigenvalue weighted by molar-refractivity contribution is -0.117. The molecular weight excluding hydrogens is 166 g/mol. The number of benzene rings is 1. The summed E-state index contributed by atoms with van der Waals surface area (Å²) in [5.41, 5.74) is 7.80. The fourth-order valence-electron chi connectivity index (χ4n) is 1.20. The van der Waals surface area contributed by atoms with Gasteiger partial charge in [0.25, 0.3) is 0 Å². The highest BCUT2D eigenvalue weighted by molar-refractivity contribution is 5.77. The average molecular weight is 179 g/mol. The predicted octanol–water partition coefficient (Wildman–Crippen LogP) is 0.515. The van der Waals surface area contributed by atoms with E-state index in [1.807, 2.05) is 19.1 Å². The summed E-state index contributed by atoms with van der Waals surface area (Å²) >= 11 is 0. The molecule has 0 atom stereocenters. The van der Waals surface area contributed by atoms with Crippen LogP contribution < -0.4 is 5.73 Å². The maximum atomic E-state index is 10.7. The minimum atomic E-state index is -0.349. The van der Waals surface area contributed by atoms with Crippen LogP contribution in [-0.2, 0) is 17.8 Å². The number of aliphatic hydroxyl groups excluding tert-OH is 1. The van der Waals surface area contributed by atoms with Crippen LogP contribution in [0.2, 0.25) is 0 Å². The van der Waals surface area contributed by atoms with E-state index in [-0.39, 0.29) is 18.9 Å². The van der Waals surface area contributed by atoms with Crippen LogP contribution in [0, 0.1) is 6.92 Å². The standard InChI is InChI=1S/C10H13NO2/c1-7-2-3-8(6-12)4-9(7)5-10(11)13/h2-4,12H,5-6H2,1H3,(H2,11,13). The van der Waals surface area contributed by atoms with Crippen molar-refractivity contribution in [1.82, 2.24) is 0 Å². The zero-order chi connectivity index (χ0) is 9.84. The first-order chi connectivity index (χ1) is 6.13. The molecule has 0 spiro atoms. The van der Waals surface area contributed by atoms with Gasteiger partial charge in [0.1, 0.15) is 0 Å². The lowest BCUT2D eigenvalue weighted by atomic mass is 10.0. The van der Waals surface area contributed by atoms with E-state index >= 15 is 0 Å². The number of carbonyl (C=O) groups is 1. The zero-order valence-corrected chi connectivity index (χ0v) is 7.58. The first kappa shape index (κ1) is 9.74. The van der Waals surface area contributed by atoms with Crippen molar-refractivity contribution in [2.24, 2.45) is 5.73 Å². The molecule has 0 fully saturated rings. The first-order valence-electron chi connectivity index (χ1n) is 4.11. The molecule has 0 heterocycles. The minimum absolute atomic E-state index is 0.00789. The van der Waals surface area contributed by atoms with Gasteiger partial charge in [-0.15, -0.1) is 0 Å². The molecule has 0 aliphatic carbocycles. The number of hydrogen-bond acceptors (Lipinski definition) is 2. The molecule has 1 aromatic rings. The van der Waals surface area contributed by atoms with Crippen molar-refractivity contribution in [2.45, 2.75) is 20.0 Å². The molecule has 1 rings (SSSR count). The van der Waals surface area contributed by atoms with E-state index in [1.165, 1.54) is 0 Å². The fraction of sp³-hybridized carbons (Fsp3) is 0.300. The van der Waals surface area contributed by atoms with Gasteiger partial charge in [-0.05, 0) is 23.6 Å². The second kappa shape index (κ2) is 4.05. The van der Waals surface area contributed by atoms with Crippen LogP contribution in [0.3, 0.4) is 0 Å². The van der Waals surface area contributed by atoms with Gasteiger partial charge in [0.05, 0.1) is 13.0 Å². The summed E-state index contributed by atoms with van der Waals surface area (Å²) < 4.78 is 0. The maximum absolute atomic E-state index is 10.7. The number of aryl methyl sites for hydroxylation is 1. The van der Waals surface area contributed by atoms with Crippen molar-refractivity contribution in [3.8, 4) is 0 Å². The summed E-state index contributed by atoms with van der Waals surface area (Å²) in [5.74, 6) is -0.349. The largest absolute Gasteiger partial charge is 0.392 e. The molecule has 0 unspecified atom stereocenters. The number of rotatable bonds is 3. The van der Waals surface area contributed by atoms with Crippen LogP contribution in [0.4, 0.5) is 0 Å². The Kier molecular flexibility index (Phi) is 3.03. The van der Waals surface area contributed by atoms with E-state index in [0.29, 0.717) is 0 Å². The van der Waals surface area contributed by atoms with E-state index in [4.69, 9.17) is 10.8 Å². The molecule has 1 aromatic carbocycles. The van der Waals surface area contributed by atoms with Crippen molar-refractivity contribution in [3.05, 3.63) is 34.9 Å². The molecule has 70 valence electrons. The average Bonchev–Trinajstić information content (AvgIpc) is 2.08. The first-order valence-corrected chi connectivity index (χ1v) is 4.11. The molecule has 3 N–H and O–H groups in total. The lowest BCUT2D eigenvalue weighted by Gasteiger charge is -2.05. The van der Waals surface area contributed by atoms with Gasteiger partial charge >= 0.3 is 0 Å². The van der Waals surface area contributed by atoms with Crippen LogP contribution >= 0.6 is 0 Å². The van der Waals surface area contributed by atoms with Crippen LogP contribution in [0.5, 0.6) is 0 Å². The number of nitrogens with two attached hydrogens (primary N) is 1. The monoisotopic (exact) mass is 179 g/mol. The molecule has 0 radical (unpaired) electrons. The summed E-state index contributed by atoms with van der Waals surface area (Å²) in [5, 5.41) is 8.87. The summed E-state index contributed by atoms with van der Waals surface area (Å²) in [7, 11) is 0. The molecule has 0 saturated carbocycles. The van der Waals surface area contributed by atoms with Gasteiger partial charge in [-0.25, -0.2) is 0 Å². The Labute approximate surface area is 77.2 Å². The molecule has 3 nitrogen and oxygen atoms in total. The third-order valence-corrected chi connectivity index (χ3v) is 1.96. The van der Waals surface area contributed by atoms with Crippen molar-refractivity contribution in [1.29, 1.82) is 0 Å². The SMILES string of the molecule is Cc1ccc(CO)cc1CC(N)=O. The lowest BCUT2D eigenvalue weighted by Crippen LogP contribution is -2.14. The highest BCUT2D eigenvalue weighted by Crippen LogP contribution is 2.11. The third kappa shape index (κ3) is 2.56. The van der Waals surface area contributed by atoms with Crippen LogP contribution in [0.25, 0.3) is 0 Å². The number of amides is 1. The quantitative estimate of drug-likeness (QED) is 0.710. The second-order valence-corrected chi connectivity index (χ2v) is 3.06. The smallest absolute Gasteiger partial charge is 0.221 e. The van der Waals surface area contributed by atoms with Crippen molar-refractivity contribution in [2.75, 3.05) is 0 Å². The highest BCUT2D eigenvalue weighted by Gasteiger charge is 2.03. The van der Waals surface area contributed by atoms with Gasteiger partial charge in [0.15, 0.2) is 0 Å². The Bertz CT molecular complexity index is 321.